The topological polar surface area (TPSA) is 52.8 Å². The second-order valence-electron chi connectivity index (χ2n) is 8.90. The Hall–Kier alpha value is -2.18. The van der Waals surface area contributed by atoms with Gasteiger partial charge in [-0.05, 0) is 62.0 Å². The molecule has 5 rings (SSSR count). The van der Waals surface area contributed by atoms with E-state index < -0.39 is 0 Å². The van der Waals surface area contributed by atoms with Crippen LogP contribution in [0.4, 0.5) is 0 Å². The first-order valence-electron chi connectivity index (χ1n) is 10.9. The fraction of sp³-hybridized carbons (Fsp3) is 0.565. The molecule has 1 atom stereocenters. The molecule has 0 aromatic carbocycles. The maximum Gasteiger partial charge on any atom is 0.226 e. The van der Waals surface area contributed by atoms with Gasteiger partial charge in [0.05, 0.1) is 18.5 Å². The third kappa shape index (κ3) is 4.09. The van der Waals surface area contributed by atoms with E-state index in [-0.39, 0.29) is 11.3 Å². The standard InChI is InChI=1S/C23H30N4O2/c28-22(27-13-11-26(12-14-27)17-19-4-1-2-8-24-19)21-16-23(21)6-9-25(10-7-23)18-20-5-3-15-29-20/h1-5,8,15,21H,6-7,9-14,16-18H2. The largest absolute Gasteiger partial charge is 0.468 e. The molecule has 2 aliphatic heterocycles. The summed E-state index contributed by atoms with van der Waals surface area (Å²) in [6.45, 7) is 7.50. The Kier molecular flexibility index (Phi) is 5.14. The molecule has 4 heterocycles. The minimum atomic E-state index is 0.260. The molecule has 154 valence electrons. The molecule has 6 heteroatoms. The Bertz CT molecular complexity index is 807. The number of furan rings is 1. The maximum atomic E-state index is 13.1. The molecule has 2 aromatic heterocycles. The molecule has 1 spiro atoms. The van der Waals surface area contributed by atoms with E-state index in [0.717, 1.165) is 83.1 Å². The highest BCUT2D eigenvalue weighted by atomic mass is 16.3. The highest BCUT2D eigenvalue weighted by Crippen LogP contribution is 2.60. The summed E-state index contributed by atoms with van der Waals surface area (Å²) in [4.78, 5) is 24.5. The Morgan fingerprint density at radius 2 is 1.79 bits per heavy atom. The number of rotatable bonds is 5. The van der Waals surface area contributed by atoms with Gasteiger partial charge in [0.1, 0.15) is 5.76 Å². The van der Waals surface area contributed by atoms with Crippen LogP contribution >= 0.6 is 0 Å². The summed E-state index contributed by atoms with van der Waals surface area (Å²) in [5.74, 6) is 1.70. The SMILES string of the molecule is O=C(C1CC12CCN(Cc1ccco1)CC2)N1CCN(Cc2ccccn2)CC1. The number of nitrogens with zero attached hydrogens (tertiary/aromatic N) is 4. The molecule has 3 aliphatic rings. The number of hydrogen-bond donors (Lipinski definition) is 0. The molecular formula is C23H30N4O2. The van der Waals surface area contributed by atoms with E-state index in [0.29, 0.717) is 5.91 Å². The average Bonchev–Trinajstić information content (AvgIpc) is 3.20. The first-order chi connectivity index (χ1) is 14.2. The van der Waals surface area contributed by atoms with Crippen molar-refractivity contribution in [2.24, 2.45) is 11.3 Å². The zero-order chi connectivity index (χ0) is 19.7. The first kappa shape index (κ1) is 18.8. The van der Waals surface area contributed by atoms with Gasteiger partial charge in [-0.2, -0.15) is 0 Å². The fourth-order valence-electron chi connectivity index (χ4n) is 5.10. The van der Waals surface area contributed by atoms with Gasteiger partial charge in [0.2, 0.25) is 5.91 Å². The second-order valence-corrected chi connectivity index (χ2v) is 8.90. The minimum absolute atomic E-state index is 0.260. The summed E-state index contributed by atoms with van der Waals surface area (Å²) in [5, 5.41) is 0. The Balaban J connectivity index is 1.08. The molecule has 0 N–H and O–H groups in total. The lowest BCUT2D eigenvalue weighted by atomic mass is 9.90. The number of aromatic nitrogens is 1. The fourth-order valence-corrected chi connectivity index (χ4v) is 5.10. The summed E-state index contributed by atoms with van der Waals surface area (Å²) in [6, 6.07) is 10.1. The van der Waals surface area contributed by atoms with Crippen LogP contribution in [0.2, 0.25) is 0 Å². The van der Waals surface area contributed by atoms with E-state index in [9.17, 15) is 4.79 Å². The van der Waals surface area contributed by atoms with Gasteiger partial charge in [0, 0.05) is 44.8 Å². The number of carbonyl (C=O) groups is 1. The van der Waals surface area contributed by atoms with Crippen molar-refractivity contribution in [1.82, 2.24) is 19.7 Å². The van der Waals surface area contributed by atoms with Crippen LogP contribution in [0.15, 0.2) is 47.2 Å². The molecule has 0 bridgehead atoms. The Labute approximate surface area is 172 Å². The summed E-state index contributed by atoms with van der Waals surface area (Å²) in [7, 11) is 0. The third-order valence-corrected chi connectivity index (χ3v) is 7.09. The van der Waals surface area contributed by atoms with E-state index in [1.165, 1.54) is 0 Å². The normalized spacial score (nSPS) is 24.7. The van der Waals surface area contributed by atoms with Crippen LogP contribution in [-0.2, 0) is 17.9 Å². The maximum absolute atomic E-state index is 13.1. The number of piperazine rings is 1. The molecule has 1 saturated carbocycles. The third-order valence-electron chi connectivity index (χ3n) is 7.09. The van der Waals surface area contributed by atoms with Crippen LogP contribution in [0.1, 0.15) is 30.7 Å². The number of amides is 1. The van der Waals surface area contributed by atoms with Crippen molar-refractivity contribution in [3.8, 4) is 0 Å². The summed E-state index contributed by atoms with van der Waals surface area (Å²) < 4.78 is 5.48. The smallest absolute Gasteiger partial charge is 0.226 e. The van der Waals surface area contributed by atoms with Crippen molar-refractivity contribution < 1.29 is 9.21 Å². The average molecular weight is 395 g/mol. The van der Waals surface area contributed by atoms with Gasteiger partial charge >= 0.3 is 0 Å². The zero-order valence-electron chi connectivity index (χ0n) is 17.0. The summed E-state index contributed by atoms with van der Waals surface area (Å²) in [6.07, 6.45) is 6.97. The summed E-state index contributed by atoms with van der Waals surface area (Å²) >= 11 is 0. The molecule has 1 aliphatic carbocycles. The molecule has 3 fully saturated rings. The number of hydrogen-bond acceptors (Lipinski definition) is 5. The van der Waals surface area contributed by atoms with Gasteiger partial charge < -0.3 is 9.32 Å². The highest BCUT2D eigenvalue weighted by Gasteiger charge is 2.59. The van der Waals surface area contributed by atoms with Crippen LogP contribution in [0.3, 0.4) is 0 Å². The van der Waals surface area contributed by atoms with Crippen LogP contribution in [0.25, 0.3) is 0 Å². The van der Waals surface area contributed by atoms with Gasteiger partial charge in [-0.3, -0.25) is 19.6 Å². The Morgan fingerprint density at radius 1 is 1.00 bits per heavy atom. The molecular weight excluding hydrogens is 364 g/mol. The first-order valence-corrected chi connectivity index (χ1v) is 10.9. The van der Waals surface area contributed by atoms with Gasteiger partial charge in [0.15, 0.2) is 0 Å². The molecule has 1 unspecified atom stereocenters. The van der Waals surface area contributed by atoms with Gasteiger partial charge in [-0.1, -0.05) is 6.07 Å². The molecule has 6 nitrogen and oxygen atoms in total. The van der Waals surface area contributed by atoms with Gasteiger partial charge in [-0.15, -0.1) is 0 Å². The van der Waals surface area contributed by atoms with Gasteiger partial charge in [0.25, 0.3) is 0 Å². The molecule has 29 heavy (non-hydrogen) atoms. The van der Waals surface area contributed by atoms with Crippen molar-refractivity contribution in [3.05, 3.63) is 54.2 Å². The predicted octanol–water partition coefficient (Wildman–Crippen LogP) is 2.62. The monoisotopic (exact) mass is 394 g/mol. The lowest BCUT2D eigenvalue weighted by Crippen LogP contribution is -2.49. The van der Waals surface area contributed by atoms with E-state index in [4.69, 9.17) is 4.42 Å². The van der Waals surface area contributed by atoms with Crippen LogP contribution in [0.5, 0.6) is 0 Å². The van der Waals surface area contributed by atoms with E-state index >= 15 is 0 Å². The van der Waals surface area contributed by atoms with Crippen molar-refractivity contribution in [1.29, 1.82) is 0 Å². The van der Waals surface area contributed by atoms with Gasteiger partial charge in [-0.25, -0.2) is 0 Å². The quantitative estimate of drug-likeness (QED) is 0.780. The van der Waals surface area contributed by atoms with Crippen LogP contribution < -0.4 is 0 Å². The van der Waals surface area contributed by atoms with E-state index in [1.54, 1.807) is 6.26 Å². The van der Waals surface area contributed by atoms with Crippen molar-refractivity contribution >= 4 is 5.91 Å². The molecule has 2 saturated heterocycles. The van der Waals surface area contributed by atoms with E-state index in [2.05, 4.69) is 25.8 Å². The second kappa shape index (κ2) is 7.92. The van der Waals surface area contributed by atoms with E-state index in [1.807, 2.05) is 30.5 Å². The number of pyridine rings is 1. The molecule has 1 amide bonds. The Morgan fingerprint density at radius 3 is 2.48 bits per heavy atom. The van der Waals surface area contributed by atoms with Crippen molar-refractivity contribution in [3.63, 3.8) is 0 Å². The number of carbonyl (C=O) groups excluding carboxylic acids is 1. The van der Waals surface area contributed by atoms with Crippen molar-refractivity contribution in [2.45, 2.75) is 32.4 Å². The minimum Gasteiger partial charge on any atom is -0.468 e. The zero-order valence-corrected chi connectivity index (χ0v) is 17.0. The number of piperidine rings is 1. The van der Waals surface area contributed by atoms with Crippen LogP contribution in [-0.4, -0.2) is 64.9 Å². The molecule has 0 radical (unpaired) electrons. The van der Waals surface area contributed by atoms with Crippen molar-refractivity contribution in [2.75, 3.05) is 39.3 Å². The highest BCUT2D eigenvalue weighted by molar-refractivity contribution is 5.83. The lowest BCUT2D eigenvalue weighted by molar-refractivity contribution is -0.135. The number of likely N-dealkylation sites (tertiary alicyclic amines) is 1. The lowest BCUT2D eigenvalue weighted by Gasteiger charge is -2.36. The van der Waals surface area contributed by atoms with Crippen LogP contribution in [0, 0.1) is 11.3 Å². The summed E-state index contributed by atoms with van der Waals surface area (Å²) in [5.41, 5.74) is 1.39. The molecule has 2 aromatic rings. The predicted molar refractivity (Wildman–Crippen MR) is 110 cm³/mol.